The molecule has 0 aliphatic rings. The Kier molecular flexibility index (Phi) is 16.4. The summed E-state index contributed by atoms with van der Waals surface area (Å²) in [4.78, 5) is 71.7. The van der Waals surface area contributed by atoms with Crippen LogP contribution in [-0.2, 0) is 28.8 Å². The lowest BCUT2D eigenvalue weighted by molar-refractivity contribution is -0.142. The SMILES string of the molecule is NCCCCC(NC(=O)C(CCCCN)NC(=O)C(CCC(=O)O)NC(=O)C(N)CC(N)=O)C(=O)O. The number of hydrogen-bond donors (Lipinski definition) is 9. The van der Waals surface area contributed by atoms with Gasteiger partial charge >= 0.3 is 11.9 Å². The smallest absolute Gasteiger partial charge is 0.326 e. The maximum absolute atomic E-state index is 12.9. The van der Waals surface area contributed by atoms with Gasteiger partial charge in [-0.3, -0.25) is 24.0 Å². The number of nitrogens with one attached hydrogen (secondary N) is 3. The van der Waals surface area contributed by atoms with Crippen molar-refractivity contribution < 1.29 is 39.0 Å². The van der Waals surface area contributed by atoms with Crippen molar-refractivity contribution in [1.82, 2.24) is 16.0 Å². The van der Waals surface area contributed by atoms with Gasteiger partial charge in [-0.25, -0.2) is 4.79 Å². The highest BCUT2D eigenvalue weighted by atomic mass is 16.4. The number of carboxylic acid groups (broad SMARTS) is 2. The number of primary amides is 1. The molecule has 0 aliphatic carbocycles. The van der Waals surface area contributed by atoms with Crippen molar-refractivity contribution in [3.05, 3.63) is 0 Å². The zero-order valence-electron chi connectivity index (χ0n) is 20.2. The summed E-state index contributed by atoms with van der Waals surface area (Å²) in [7, 11) is 0. The fourth-order valence-corrected chi connectivity index (χ4v) is 3.18. The molecule has 0 fully saturated rings. The Morgan fingerprint density at radius 1 is 0.667 bits per heavy atom. The summed E-state index contributed by atoms with van der Waals surface area (Å²) in [5.74, 6) is -5.87. The maximum Gasteiger partial charge on any atom is 0.326 e. The lowest BCUT2D eigenvalue weighted by Crippen LogP contribution is -2.57. The molecule has 0 spiro atoms. The van der Waals surface area contributed by atoms with Gasteiger partial charge in [-0.1, -0.05) is 0 Å². The highest BCUT2D eigenvalue weighted by Gasteiger charge is 2.30. The molecule has 4 amide bonds. The Bertz CT molecular complexity index is 765. The third-order valence-electron chi connectivity index (χ3n) is 5.18. The molecular weight excluding hydrogens is 478 g/mol. The van der Waals surface area contributed by atoms with Gasteiger partial charge in [-0.05, 0) is 58.0 Å². The van der Waals surface area contributed by atoms with Gasteiger partial charge in [0, 0.05) is 6.42 Å². The number of aliphatic carboxylic acids is 2. The highest BCUT2D eigenvalue weighted by Crippen LogP contribution is 2.07. The average molecular weight is 518 g/mol. The van der Waals surface area contributed by atoms with Crippen molar-refractivity contribution in [2.45, 2.75) is 82.0 Å². The van der Waals surface area contributed by atoms with Crippen molar-refractivity contribution in [3.63, 3.8) is 0 Å². The molecule has 15 nitrogen and oxygen atoms in total. The molecule has 0 heterocycles. The molecule has 15 heteroatoms. The Labute approximate surface area is 209 Å². The molecule has 0 saturated carbocycles. The van der Waals surface area contributed by atoms with Gasteiger partial charge in [0.15, 0.2) is 0 Å². The zero-order chi connectivity index (χ0) is 27.7. The van der Waals surface area contributed by atoms with Gasteiger partial charge in [-0.2, -0.15) is 0 Å². The minimum absolute atomic E-state index is 0.116. The first-order valence-electron chi connectivity index (χ1n) is 11.7. The van der Waals surface area contributed by atoms with Crippen molar-refractivity contribution in [2.24, 2.45) is 22.9 Å². The van der Waals surface area contributed by atoms with Gasteiger partial charge in [0.2, 0.25) is 23.6 Å². The van der Waals surface area contributed by atoms with E-state index in [9.17, 15) is 33.9 Å². The van der Waals surface area contributed by atoms with Gasteiger partial charge in [-0.15, -0.1) is 0 Å². The summed E-state index contributed by atoms with van der Waals surface area (Å²) in [6.45, 7) is 0.693. The fraction of sp³-hybridized carbons (Fsp3) is 0.714. The third kappa shape index (κ3) is 14.2. The van der Waals surface area contributed by atoms with Crippen molar-refractivity contribution in [2.75, 3.05) is 13.1 Å². The molecular formula is C21H39N7O8. The normalized spacial score (nSPS) is 14.1. The third-order valence-corrected chi connectivity index (χ3v) is 5.18. The molecule has 4 atom stereocenters. The maximum atomic E-state index is 12.9. The van der Waals surface area contributed by atoms with E-state index in [-0.39, 0.29) is 19.3 Å². The van der Waals surface area contributed by atoms with E-state index in [0.29, 0.717) is 38.8 Å². The van der Waals surface area contributed by atoms with E-state index in [1.54, 1.807) is 0 Å². The number of carboxylic acids is 2. The van der Waals surface area contributed by atoms with Crippen molar-refractivity contribution >= 4 is 35.6 Å². The second-order valence-electron chi connectivity index (χ2n) is 8.30. The molecule has 4 unspecified atom stereocenters. The number of amides is 4. The minimum atomic E-state index is -1.39. The summed E-state index contributed by atoms with van der Waals surface area (Å²) < 4.78 is 0. The second-order valence-corrected chi connectivity index (χ2v) is 8.30. The summed E-state index contributed by atoms with van der Waals surface area (Å²) in [6.07, 6.45) is 0.923. The van der Waals surface area contributed by atoms with E-state index in [1.807, 2.05) is 0 Å². The molecule has 13 N–H and O–H groups in total. The van der Waals surface area contributed by atoms with E-state index in [2.05, 4.69) is 16.0 Å². The number of nitrogens with two attached hydrogens (primary N) is 4. The Balaban J connectivity index is 5.55. The van der Waals surface area contributed by atoms with Crippen LogP contribution in [-0.4, -0.2) is 83.0 Å². The van der Waals surface area contributed by atoms with Crippen LogP contribution >= 0.6 is 0 Å². The number of carbonyl (C=O) groups excluding carboxylic acids is 4. The first kappa shape index (κ1) is 32.7. The highest BCUT2D eigenvalue weighted by molar-refractivity contribution is 5.95. The van der Waals surface area contributed by atoms with Crippen molar-refractivity contribution in [1.29, 1.82) is 0 Å². The van der Waals surface area contributed by atoms with Crippen LogP contribution in [0.2, 0.25) is 0 Å². The first-order chi connectivity index (χ1) is 16.9. The molecule has 0 aromatic carbocycles. The Hall–Kier alpha value is -3.30. The summed E-state index contributed by atoms with van der Waals surface area (Å²) in [6, 6.07) is -5.13. The molecule has 36 heavy (non-hydrogen) atoms. The monoisotopic (exact) mass is 517 g/mol. The van der Waals surface area contributed by atoms with Crippen LogP contribution < -0.4 is 38.9 Å². The quantitative estimate of drug-likeness (QED) is 0.0726. The zero-order valence-corrected chi connectivity index (χ0v) is 20.2. The summed E-state index contributed by atoms with van der Waals surface area (Å²) >= 11 is 0. The predicted octanol–water partition coefficient (Wildman–Crippen LogP) is -3.15. The van der Waals surface area contributed by atoms with Gasteiger partial charge in [0.1, 0.15) is 18.1 Å². The molecule has 206 valence electrons. The topological polar surface area (TPSA) is 283 Å². The molecule has 0 radical (unpaired) electrons. The molecule has 0 aromatic heterocycles. The Morgan fingerprint density at radius 3 is 1.56 bits per heavy atom. The minimum Gasteiger partial charge on any atom is -0.481 e. The van der Waals surface area contributed by atoms with Crippen LogP contribution in [0.15, 0.2) is 0 Å². The fourth-order valence-electron chi connectivity index (χ4n) is 3.18. The lowest BCUT2D eigenvalue weighted by atomic mass is 10.0. The van der Waals surface area contributed by atoms with E-state index in [0.717, 1.165) is 0 Å². The van der Waals surface area contributed by atoms with Gasteiger partial charge in [0.05, 0.1) is 12.5 Å². The van der Waals surface area contributed by atoms with E-state index >= 15 is 0 Å². The number of unbranched alkanes of at least 4 members (excludes halogenated alkanes) is 2. The first-order valence-corrected chi connectivity index (χ1v) is 11.7. The molecule has 0 aliphatic heterocycles. The van der Waals surface area contributed by atoms with Crippen LogP contribution in [0.3, 0.4) is 0 Å². The average Bonchev–Trinajstić information content (AvgIpc) is 2.79. The van der Waals surface area contributed by atoms with E-state index in [1.165, 1.54) is 0 Å². The number of carbonyl (C=O) groups is 6. The van der Waals surface area contributed by atoms with Gasteiger partial charge < -0.3 is 49.1 Å². The summed E-state index contributed by atoms with van der Waals surface area (Å²) in [5, 5.41) is 25.5. The van der Waals surface area contributed by atoms with Crippen LogP contribution in [0.1, 0.15) is 57.8 Å². The number of hydrogen-bond acceptors (Lipinski definition) is 9. The second kappa shape index (κ2) is 18.0. The van der Waals surface area contributed by atoms with E-state index in [4.69, 9.17) is 28.0 Å². The molecule has 0 saturated heterocycles. The van der Waals surface area contributed by atoms with Crippen LogP contribution in [0.25, 0.3) is 0 Å². The van der Waals surface area contributed by atoms with Crippen LogP contribution in [0.4, 0.5) is 0 Å². The summed E-state index contributed by atoms with van der Waals surface area (Å²) in [5.41, 5.74) is 21.5. The molecule has 0 aromatic rings. The molecule has 0 bridgehead atoms. The largest absolute Gasteiger partial charge is 0.481 e. The predicted molar refractivity (Wildman–Crippen MR) is 128 cm³/mol. The van der Waals surface area contributed by atoms with Gasteiger partial charge in [0.25, 0.3) is 0 Å². The van der Waals surface area contributed by atoms with Crippen LogP contribution in [0.5, 0.6) is 0 Å². The van der Waals surface area contributed by atoms with Crippen molar-refractivity contribution in [3.8, 4) is 0 Å². The standard InChI is InChI=1S/C21H39N7O8/c22-9-3-1-5-13(19(33)28-15(21(35)36)6-2-4-10-23)27-20(34)14(7-8-17(30)31)26-18(32)12(24)11-16(25)29/h12-15H,1-11,22-24H2,(H2,25,29)(H,26,32)(H,27,34)(H,28,33)(H,30,31)(H,35,36). The van der Waals surface area contributed by atoms with E-state index < -0.39 is 72.6 Å². The number of rotatable bonds is 20. The Morgan fingerprint density at radius 2 is 1.11 bits per heavy atom. The lowest BCUT2D eigenvalue weighted by Gasteiger charge is -2.25. The van der Waals surface area contributed by atoms with Crippen LogP contribution in [0, 0.1) is 0 Å². The molecule has 0 rings (SSSR count).